The Labute approximate surface area is 161 Å². The van der Waals surface area contributed by atoms with Crippen molar-refractivity contribution in [1.29, 1.82) is 0 Å². The molecule has 6 nitrogen and oxygen atoms in total. The number of amides is 2. The van der Waals surface area contributed by atoms with Crippen molar-refractivity contribution in [3.8, 4) is 5.75 Å². The molecule has 0 radical (unpaired) electrons. The molecule has 0 unspecified atom stereocenters. The van der Waals surface area contributed by atoms with Crippen LogP contribution in [-0.4, -0.2) is 55.0 Å². The van der Waals surface area contributed by atoms with E-state index < -0.39 is 0 Å². The molecule has 0 N–H and O–H groups in total. The maximum absolute atomic E-state index is 13.3. The van der Waals surface area contributed by atoms with Gasteiger partial charge in [-0.05, 0) is 17.5 Å². The van der Waals surface area contributed by atoms with Gasteiger partial charge in [0.25, 0.3) is 11.8 Å². The minimum Gasteiger partial charge on any atom is -0.496 e. The number of ether oxygens (including phenoxy) is 2. The number of carbonyl (C=O) groups excluding carboxylic acids is 2. The molecular weight excluding hydrogens is 364 g/mol. The van der Waals surface area contributed by atoms with Crippen molar-refractivity contribution in [3.05, 3.63) is 57.9 Å². The van der Waals surface area contributed by atoms with Crippen LogP contribution in [0.4, 0.5) is 0 Å². The molecule has 4 rings (SSSR count). The van der Waals surface area contributed by atoms with Gasteiger partial charge < -0.3 is 14.4 Å². The van der Waals surface area contributed by atoms with E-state index in [4.69, 9.17) is 9.47 Å². The first-order chi connectivity index (χ1) is 13.2. The van der Waals surface area contributed by atoms with E-state index in [-0.39, 0.29) is 18.4 Å². The van der Waals surface area contributed by atoms with Crippen LogP contribution in [0.3, 0.4) is 0 Å². The van der Waals surface area contributed by atoms with Gasteiger partial charge in [0.15, 0.2) is 0 Å². The molecule has 0 aliphatic carbocycles. The zero-order chi connectivity index (χ0) is 18.8. The van der Waals surface area contributed by atoms with Crippen molar-refractivity contribution in [2.24, 2.45) is 0 Å². The molecule has 3 heterocycles. The first kappa shape index (κ1) is 17.8. The lowest BCUT2D eigenvalue weighted by Crippen LogP contribution is -2.40. The average Bonchev–Trinajstić information content (AvgIpc) is 3.31. The Kier molecular flexibility index (Phi) is 4.96. The van der Waals surface area contributed by atoms with Crippen LogP contribution >= 0.6 is 11.3 Å². The van der Waals surface area contributed by atoms with Crippen molar-refractivity contribution in [1.82, 2.24) is 9.80 Å². The van der Waals surface area contributed by atoms with Gasteiger partial charge in [-0.1, -0.05) is 24.3 Å². The third-order valence-electron chi connectivity index (χ3n) is 4.76. The fourth-order valence-electron chi connectivity index (χ4n) is 3.43. The molecule has 0 spiro atoms. The van der Waals surface area contributed by atoms with E-state index in [1.165, 1.54) is 16.2 Å². The fourth-order valence-corrected chi connectivity index (χ4v) is 4.20. The summed E-state index contributed by atoms with van der Waals surface area (Å²) >= 11 is 1.47. The molecule has 0 saturated carbocycles. The predicted molar refractivity (Wildman–Crippen MR) is 102 cm³/mol. The second kappa shape index (κ2) is 7.54. The fraction of sp³-hybridized carbons (Fsp3) is 0.300. The van der Waals surface area contributed by atoms with Crippen LogP contribution in [0, 0.1) is 0 Å². The standard InChI is InChI=1S/C20H20N2O4S/c1-25-15-6-3-2-5-14(15)13-22-19(23)17(16-7-4-12-27-16)18(20(22)24)21-8-10-26-11-9-21/h2-7,12H,8-11,13H2,1H3. The number of carbonyl (C=O) groups is 2. The van der Waals surface area contributed by atoms with Gasteiger partial charge in [-0.25, -0.2) is 0 Å². The maximum atomic E-state index is 13.3. The first-order valence-electron chi connectivity index (χ1n) is 8.79. The average molecular weight is 384 g/mol. The lowest BCUT2D eigenvalue weighted by atomic mass is 10.1. The summed E-state index contributed by atoms with van der Waals surface area (Å²) in [5, 5.41) is 1.92. The molecule has 2 amide bonds. The molecule has 2 aliphatic rings. The summed E-state index contributed by atoms with van der Waals surface area (Å²) in [7, 11) is 1.58. The largest absolute Gasteiger partial charge is 0.496 e. The van der Waals surface area contributed by atoms with Crippen molar-refractivity contribution < 1.29 is 19.1 Å². The van der Waals surface area contributed by atoms with E-state index >= 15 is 0 Å². The Balaban J connectivity index is 1.71. The van der Waals surface area contributed by atoms with Crippen LogP contribution in [0.15, 0.2) is 47.5 Å². The summed E-state index contributed by atoms with van der Waals surface area (Å²) in [5.74, 6) is 0.154. The molecule has 1 aromatic heterocycles. The van der Waals surface area contributed by atoms with Gasteiger partial charge in [0.1, 0.15) is 11.4 Å². The molecular formula is C20H20N2O4S. The van der Waals surface area contributed by atoms with Crippen LogP contribution in [-0.2, 0) is 20.9 Å². The highest BCUT2D eigenvalue weighted by atomic mass is 32.1. The van der Waals surface area contributed by atoms with E-state index in [0.717, 1.165) is 10.4 Å². The number of para-hydroxylation sites is 1. The third kappa shape index (κ3) is 3.24. The van der Waals surface area contributed by atoms with Gasteiger partial charge in [0.2, 0.25) is 0 Å². The van der Waals surface area contributed by atoms with Crippen molar-refractivity contribution >= 4 is 28.7 Å². The molecule has 0 atom stereocenters. The van der Waals surface area contributed by atoms with Crippen LogP contribution in [0.1, 0.15) is 10.4 Å². The van der Waals surface area contributed by atoms with Gasteiger partial charge in [0, 0.05) is 23.5 Å². The number of hydrogen-bond acceptors (Lipinski definition) is 6. The minimum atomic E-state index is -0.255. The Morgan fingerprint density at radius 3 is 2.56 bits per heavy atom. The highest BCUT2D eigenvalue weighted by Gasteiger charge is 2.42. The maximum Gasteiger partial charge on any atom is 0.278 e. The molecule has 0 bridgehead atoms. The van der Waals surface area contributed by atoms with Gasteiger partial charge in [-0.2, -0.15) is 0 Å². The monoisotopic (exact) mass is 384 g/mol. The minimum absolute atomic E-state index is 0.185. The summed E-state index contributed by atoms with van der Waals surface area (Å²) in [4.78, 5) is 30.6. The summed E-state index contributed by atoms with van der Waals surface area (Å²) in [5.41, 5.74) is 1.78. The SMILES string of the molecule is COc1ccccc1CN1C(=O)C(c2cccs2)=C(N2CCOCC2)C1=O. The van der Waals surface area contributed by atoms with E-state index in [1.807, 2.05) is 46.7 Å². The van der Waals surface area contributed by atoms with Crippen LogP contribution in [0.25, 0.3) is 5.57 Å². The Bertz CT molecular complexity index is 885. The number of rotatable bonds is 5. The zero-order valence-electron chi connectivity index (χ0n) is 15.0. The number of hydrogen-bond donors (Lipinski definition) is 0. The molecule has 1 aromatic carbocycles. The lowest BCUT2D eigenvalue weighted by Gasteiger charge is -2.29. The predicted octanol–water partition coefficient (Wildman–Crippen LogP) is 2.37. The van der Waals surface area contributed by atoms with Crippen LogP contribution in [0.5, 0.6) is 5.75 Å². The third-order valence-corrected chi connectivity index (χ3v) is 5.65. The van der Waals surface area contributed by atoms with Crippen LogP contribution < -0.4 is 4.74 Å². The Morgan fingerprint density at radius 1 is 1.07 bits per heavy atom. The molecule has 1 fully saturated rings. The summed E-state index contributed by atoms with van der Waals surface area (Å²) in [6.07, 6.45) is 0. The van der Waals surface area contributed by atoms with E-state index in [2.05, 4.69) is 0 Å². The van der Waals surface area contributed by atoms with Gasteiger partial charge in [-0.15, -0.1) is 11.3 Å². The van der Waals surface area contributed by atoms with E-state index in [0.29, 0.717) is 43.3 Å². The number of nitrogens with zero attached hydrogens (tertiary/aromatic N) is 2. The summed E-state index contributed by atoms with van der Waals surface area (Å²) in [6, 6.07) is 11.2. The highest BCUT2D eigenvalue weighted by molar-refractivity contribution is 7.11. The van der Waals surface area contributed by atoms with Gasteiger partial charge in [-0.3, -0.25) is 14.5 Å². The molecule has 2 aromatic rings. The smallest absolute Gasteiger partial charge is 0.278 e. The number of methoxy groups -OCH3 is 1. The van der Waals surface area contributed by atoms with Crippen molar-refractivity contribution in [2.45, 2.75) is 6.54 Å². The topological polar surface area (TPSA) is 59.1 Å². The second-order valence-corrected chi connectivity index (χ2v) is 7.26. The molecule has 140 valence electrons. The summed E-state index contributed by atoms with van der Waals surface area (Å²) in [6.45, 7) is 2.49. The van der Waals surface area contributed by atoms with E-state index in [9.17, 15) is 9.59 Å². The normalized spacial score (nSPS) is 17.8. The van der Waals surface area contributed by atoms with Crippen molar-refractivity contribution in [2.75, 3.05) is 33.4 Å². The molecule has 2 aliphatic heterocycles. The Morgan fingerprint density at radius 2 is 1.85 bits per heavy atom. The lowest BCUT2D eigenvalue weighted by molar-refractivity contribution is -0.138. The quantitative estimate of drug-likeness (QED) is 0.741. The van der Waals surface area contributed by atoms with Gasteiger partial charge in [0.05, 0.1) is 32.4 Å². The number of benzene rings is 1. The number of morpholine rings is 1. The number of thiophene rings is 1. The highest BCUT2D eigenvalue weighted by Crippen LogP contribution is 2.35. The molecule has 7 heteroatoms. The van der Waals surface area contributed by atoms with E-state index in [1.54, 1.807) is 7.11 Å². The molecule has 1 saturated heterocycles. The van der Waals surface area contributed by atoms with Gasteiger partial charge >= 0.3 is 0 Å². The van der Waals surface area contributed by atoms with Crippen molar-refractivity contribution in [3.63, 3.8) is 0 Å². The summed E-state index contributed by atoms with van der Waals surface area (Å²) < 4.78 is 10.8. The number of imide groups is 1. The second-order valence-electron chi connectivity index (χ2n) is 6.31. The Hall–Kier alpha value is -2.64. The molecule has 27 heavy (non-hydrogen) atoms. The first-order valence-corrected chi connectivity index (χ1v) is 9.67. The zero-order valence-corrected chi connectivity index (χ0v) is 15.8. The van der Waals surface area contributed by atoms with Crippen LogP contribution in [0.2, 0.25) is 0 Å².